The highest BCUT2D eigenvalue weighted by Crippen LogP contribution is 2.23. The van der Waals surface area contributed by atoms with Crippen LogP contribution in [0, 0.1) is 5.82 Å². The van der Waals surface area contributed by atoms with E-state index in [4.69, 9.17) is 0 Å². The molecule has 0 spiro atoms. The first-order chi connectivity index (χ1) is 10.3. The van der Waals surface area contributed by atoms with Crippen LogP contribution >= 0.6 is 15.9 Å². The molecule has 0 bridgehead atoms. The molecule has 0 heterocycles. The summed E-state index contributed by atoms with van der Waals surface area (Å²) >= 11 is 3.11. The van der Waals surface area contributed by atoms with Gasteiger partial charge in [0.05, 0.1) is 23.2 Å². The summed E-state index contributed by atoms with van der Waals surface area (Å²) in [5.41, 5.74) is 0.300. The second-order valence-corrected chi connectivity index (χ2v) is 7.16. The van der Waals surface area contributed by atoms with E-state index in [1.807, 2.05) is 0 Å². The van der Waals surface area contributed by atoms with E-state index in [0.29, 0.717) is 4.47 Å². The SMILES string of the molecule is CS(=O)(=O)Nc1ccccc1NC(=O)c1ccc(Br)cc1F. The Balaban J connectivity index is 2.29. The number of hydrogen-bond donors (Lipinski definition) is 2. The number of para-hydroxylation sites is 2. The minimum atomic E-state index is -3.50. The van der Waals surface area contributed by atoms with Gasteiger partial charge in [0.1, 0.15) is 5.82 Å². The second-order valence-electron chi connectivity index (χ2n) is 4.50. The summed E-state index contributed by atoms with van der Waals surface area (Å²) in [4.78, 5) is 12.1. The number of hydrogen-bond acceptors (Lipinski definition) is 3. The molecule has 2 aromatic carbocycles. The van der Waals surface area contributed by atoms with Crippen LogP contribution in [0.1, 0.15) is 10.4 Å². The molecule has 0 unspecified atom stereocenters. The number of rotatable bonds is 4. The Kier molecular flexibility index (Phi) is 4.82. The molecule has 0 aliphatic rings. The summed E-state index contributed by atoms with van der Waals surface area (Å²) in [6, 6.07) is 10.3. The Bertz CT molecular complexity index is 825. The Labute approximate surface area is 135 Å². The quantitative estimate of drug-likeness (QED) is 0.846. The highest BCUT2D eigenvalue weighted by molar-refractivity contribution is 9.10. The summed E-state index contributed by atoms with van der Waals surface area (Å²) in [6.45, 7) is 0. The number of anilines is 2. The minimum Gasteiger partial charge on any atom is -0.320 e. The minimum absolute atomic E-state index is 0.141. The van der Waals surface area contributed by atoms with Crippen molar-refractivity contribution >= 4 is 43.2 Å². The molecule has 0 saturated carbocycles. The number of nitrogens with one attached hydrogen (secondary N) is 2. The molecule has 0 aliphatic heterocycles. The Morgan fingerprint density at radius 2 is 1.77 bits per heavy atom. The lowest BCUT2D eigenvalue weighted by atomic mass is 10.2. The van der Waals surface area contributed by atoms with Gasteiger partial charge in [-0.15, -0.1) is 0 Å². The third kappa shape index (κ3) is 4.28. The van der Waals surface area contributed by atoms with E-state index in [2.05, 4.69) is 26.0 Å². The van der Waals surface area contributed by atoms with Crippen molar-refractivity contribution in [3.05, 3.63) is 58.3 Å². The van der Waals surface area contributed by atoms with Gasteiger partial charge in [-0.1, -0.05) is 28.1 Å². The Morgan fingerprint density at radius 3 is 2.36 bits per heavy atom. The maximum Gasteiger partial charge on any atom is 0.258 e. The number of carbonyl (C=O) groups excluding carboxylic acids is 1. The number of benzene rings is 2. The predicted octanol–water partition coefficient (Wildman–Crippen LogP) is 3.21. The van der Waals surface area contributed by atoms with E-state index in [9.17, 15) is 17.6 Å². The third-order valence-corrected chi connectivity index (χ3v) is 3.73. The van der Waals surface area contributed by atoms with Gasteiger partial charge in [0.2, 0.25) is 10.0 Å². The summed E-state index contributed by atoms with van der Waals surface area (Å²) in [5.74, 6) is -1.35. The fraction of sp³-hybridized carbons (Fsp3) is 0.0714. The largest absolute Gasteiger partial charge is 0.320 e. The van der Waals surface area contributed by atoms with Crippen LogP contribution in [0.15, 0.2) is 46.9 Å². The zero-order valence-corrected chi connectivity index (χ0v) is 13.8. The zero-order chi connectivity index (χ0) is 16.3. The lowest BCUT2D eigenvalue weighted by molar-refractivity contribution is 0.102. The summed E-state index contributed by atoms with van der Waals surface area (Å²) in [6.07, 6.45) is 1.000. The van der Waals surface area contributed by atoms with E-state index < -0.39 is 21.7 Å². The van der Waals surface area contributed by atoms with Gasteiger partial charge in [-0.3, -0.25) is 9.52 Å². The van der Waals surface area contributed by atoms with Gasteiger partial charge >= 0.3 is 0 Å². The predicted molar refractivity (Wildman–Crippen MR) is 87.0 cm³/mol. The van der Waals surface area contributed by atoms with E-state index >= 15 is 0 Å². The van der Waals surface area contributed by atoms with E-state index in [1.54, 1.807) is 18.2 Å². The van der Waals surface area contributed by atoms with E-state index in [-0.39, 0.29) is 16.9 Å². The topological polar surface area (TPSA) is 75.3 Å². The van der Waals surface area contributed by atoms with Gasteiger partial charge in [-0.05, 0) is 30.3 Å². The van der Waals surface area contributed by atoms with Gasteiger partial charge < -0.3 is 5.32 Å². The molecular weight excluding hydrogens is 375 g/mol. The highest BCUT2D eigenvalue weighted by Gasteiger charge is 2.14. The van der Waals surface area contributed by atoms with Gasteiger partial charge in [-0.2, -0.15) is 0 Å². The second kappa shape index (κ2) is 6.45. The molecule has 1 amide bonds. The van der Waals surface area contributed by atoms with Gasteiger partial charge in [0.15, 0.2) is 0 Å². The molecule has 8 heteroatoms. The fourth-order valence-electron chi connectivity index (χ4n) is 1.74. The molecule has 5 nitrogen and oxygen atoms in total. The molecule has 2 aromatic rings. The maximum absolute atomic E-state index is 13.8. The van der Waals surface area contributed by atoms with Gasteiger partial charge in [-0.25, -0.2) is 12.8 Å². The normalized spacial score (nSPS) is 11.0. The number of carbonyl (C=O) groups is 1. The molecule has 2 N–H and O–H groups in total. The average Bonchev–Trinajstić information content (AvgIpc) is 2.39. The molecule has 0 aliphatic carbocycles. The number of sulfonamides is 1. The van der Waals surface area contributed by atoms with Crippen molar-refractivity contribution in [2.45, 2.75) is 0 Å². The molecule has 0 fully saturated rings. The van der Waals surface area contributed by atoms with Gasteiger partial charge in [0, 0.05) is 4.47 Å². The zero-order valence-electron chi connectivity index (χ0n) is 11.4. The van der Waals surface area contributed by atoms with Crippen molar-refractivity contribution in [3.8, 4) is 0 Å². The van der Waals surface area contributed by atoms with Crippen LogP contribution in [0.4, 0.5) is 15.8 Å². The number of halogens is 2. The van der Waals surface area contributed by atoms with Crippen molar-refractivity contribution in [2.75, 3.05) is 16.3 Å². The van der Waals surface area contributed by atoms with Crippen LogP contribution in [0.2, 0.25) is 0 Å². The van der Waals surface area contributed by atoms with Crippen molar-refractivity contribution < 1.29 is 17.6 Å². The van der Waals surface area contributed by atoms with Crippen molar-refractivity contribution in [1.29, 1.82) is 0 Å². The Hall–Kier alpha value is -1.93. The molecule has 2 rings (SSSR count). The first-order valence-corrected chi connectivity index (χ1v) is 8.78. The lowest BCUT2D eigenvalue weighted by Gasteiger charge is -2.12. The molecule has 0 radical (unpaired) electrons. The highest BCUT2D eigenvalue weighted by atomic mass is 79.9. The standard InChI is InChI=1S/C14H12BrFN2O3S/c1-22(20,21)18-13-5-3-2-4-12(13)17-14(19)10-7-6-9(15)8-11(10)16/h2-8,18H,1H3,(H,17,19). The van der Waals surface area contributed by atoms with Crippen LogP contribution in [0.5, 0.6) is 0 Å². The van der Waals surface area contributed by atoms with Crippen LogP contribution in [0.25, 0.3) is 0 Å². The van der Waals surface area contributed by atoms with Crippen LogP contribution < -0.4 is 10.0 Å². The van der Waals surface area contributed by atoms with Crippen LogP contribution in [0.3, 0.4) is 0 Å². The molecule has 0 atom stereocenters. The van der Waals surface area contributed by atoms with Gasteiger partial charge in [0.25, 0.3) is 5.91 Å². The van der Waals surface area contributed by atoms with E-state index in [1.165, 1.54) is 24.3 Å². The van der Waals surface area contributed by atoms with Crippen molar-refractivity contribution in [2.24, 2.45) is 0 Å². The van der Waals surface area contributed by atoms with Crippen LogP contribution in [-0.4, -0.2) is 20.6 Å². The van der Waals surface area contributed by atoms with Crippen LogP contribution in [-0.2, 0) is 10.0 Å². The molecule has 116 valence electrons. The maximum atomic E-state index is 13.8. The Morgan fingerprint density at radius 1 is 1.14 bits per heavy atom. The fourth-order valence-corrected chi connectivity index (χ4v) is 2.65. The molecule has 0 aromatic heterocycles. The summed E-state index contributed by atoms with van der Waals surface area (Å²) in [5, 5.41) is 2.49. The van der Waals surface area contributed by atoms with E-state index in [0.717, 1.165) is 6.26 Å². The van der Waals surface area contributed by atoms with Crippen molar-refractivity contribution in [3.63, 3.8) is 0 Å². The molecular formula is C14H12BrFN2O3S. The summed E-state index contributed by atoms with van der Waals surface area (Å²) in [7, 11) is -3.50. The first-order valence-electron chi connectivity index (χ1n) is 6.09. The average molecular weight is 387 g/mol. The molecule has 22 heavy (non-hydrogen) atoms. The third-order valence-electron chi connectivity index (χ3n) is 2.65. The van der Waals surface area contributed by atoms with Crippen molar-refractivity contribution in [1.82, 2.24) is 0 Å². The summed E-state index contributed by atoms with van der Waals surface area (Å²) < 4.78 is 39.2. The lowest BCUT2D eigenvalue weighted by Crippen LogP contribution is -2.17. The number of amides is 1. The first kappa shape index (κ1) is 16.4. The molecule has 0 saturated heterocycles. The monoisotopic (exact) mass is 386 g/mol. The smallest absolute Gasteiger partial charge is 0.258 e.